The lowest BCUT2D eigenvalue weighted by Gasteiger charge is -2.08. The van der Waals surface area contributed by atoms with E-state index in [4.69, 9.17) is 4.55 Å². The summed E-state index contributed by atoms with van der Waals surface area (Å²) < 4.78 is 33.1. The van der Waals surface area contributed by atoms with Gasteiger partial charge >= 0.3 is 0 Å². The van der Waals surface area contributed by atoms with Gasteiger partial charge in [-0.2, -0.15) is 8.42 Å². The molecule has 8 nitrogen and oxygen atoms in total. The molecule has 0 bridgehead atoms. The Morgan fingerprint density at radius 2 is 1.71 bits per heavy atom. The molecule has 1 aromatic heterocycles. The first kappa shape index (κ1) is 20.0. The number of hydrogen-bond acceptors (Lipinski definition) is 3. The molecule has 118 valence electrons. The van der Waals surface area contributed by atoms with Crippen molar-refractivity contribution >= 4 is 42.0 Å². The summed E-state index contributed by atoms with van der Waals surface area (Å²) >= 11 is 6.23. The van der Waals surface area contributed by atoms with Gasteiger partial charge in [0.05, 0.1) is 5.69 Å². The van der Waals surface area contributed by atoms with Crippen LogP contribution in [0, 0.1) is 6.92 Å². The predicted octanol–water partition coefficient (Wildman–Crippen LogP) is 0.596. The standard InChI is InChI=1S/C10H8Br2N2O4S.2H2O/c1-5-2-10(15)14(13-5)8-3-7(12)9(4-6(8)11)19(16,17)18;;/h2-4,13H,1H3,(H,16,17,18);2*1H2. The summed E-state index contributed by atoms with van der Waals surface area (Å²) in [4.78, 5) is 11.4. The Bertz CT molecular complexity index is 811. The van der Waals surface area contributed by atoms with Crippen molar-refractivity contribution in [1.82, 2.24) is 9.78 Å². The van der Waals surface area contributed by atoms with Crippen molar-refractivity contribution in [2.24, 2.45) is 0 Å². The molecule has 21 heavy (non-hydrogen) atoms. The third-order valence-corrected chi connectivity index (χ3v) is 4.82. The second-order valence-electron chi connectivity index (χ2n) is 3.82. The molecule has 0 saturated carbocycles. The van der Waals surface area contributed by atoms with Gasteiger partial charge in [-0.1, -0.05) is 0 Å². The lowest BCUT2D eigenvalue weighted by Crippen LogP contribution is -2.14. The molecule has 0 aliphatic carbocycles. The summed E-state index contributed by atoms with van der Waals surface area (Å²) in [6.45, 7) is 1.73. The van der Waals surface area contributed by atoms with Gasteiger partial charge in [-0.3, -0.25) is 14.4 Å². The fourth-order valence-corrected chi connectivity index (χ4v) is 3.77. The van der Waals surface area contributed by atoms with E-state index in [1.165, 1.54) is 22.9 Å². The second-order valence-corrected chi connectivity index (χ2v) is 6.92. The van der Waals surface area contributed by atoms with E-state index in [1.54, 1.807) is 6.92 Å². The summed E-state index contributed by atoms with van der Waals surface area (Å²) in [7, 11) is -4.33. The Labute approximate surface area is 136 Å². The van der Waals surface area contributed by atoms with Gasteiger partial charge in [0.1, 0.15) is 4.90 Å². The average Bonchev–Trinajstić information content (AvgIpc) is 2.59. The van der Waals surface area contributed by atoms with Crippen LogP contribution in [0.5, 0.6) is 0 Å². The number of aromatic nitrogens is 2. The number of aryl methyl sites for hydroxylation is 1. The number of H-pyrrole nitrogens is 1. The highest BCUT2D eigenvalue weighted by Gasteiger charge is 2.18. The van der Waals surface area contributed by atoms with Crippen LogP contribution in [0.2, 0.25) is 0 Å². The zero-order valence-corrected chi connectivity index (χ0v) is 14.5. The maximum atomic E-state index is 11.7. The minimum atomic E-state index is -4.33. The zero-order chi connectivity index (χ0) is 14.4. The quantitative estimate of drug-likeness (QED) is 0.646. The zero-order valence-electron chi connectivity index (χ0n) is 10.5. The molecule has 0 amide bonds. The van der Waals surface area contributed by atoms with Crippen LogP contribution in [-0.4, -0.2) is 33.7 Å². The van der Waals surface area contributed by atoms with Gasteiger partial charge in [-0.05, 0) is 50.9 Å². The van der Waals surface area contributed by atoms with Crippen molar-refractivity contribution in [3.63, 3.8) is 0 Å². The highest BCUT2D eigenvalue weighted by Crippen LogP contribution is 2.30. The van der Waals surface area contributed by atoms with Crippen LogP contribution in [0.1, 0.15) is 5.69 Å². The highest BCUT2D eigenvalue weighted by atomic mass is 79.9. The van der Waals surface area contributed by atoms with Gasteiger partial charge in [-0.15, -0.1) is 0 Å². The molecule has 0 atom stereocenters. The molecule has 0 aliphatic heterocycles. The summed E-state index contributed by atoms with van der Waals surface area (Å²) in [5.74, 6) is 0. The monoisotopic (exact) mass is 446 g/mol. The first-order chi connectivity index (χ1) is 8.70. The summed E-state index contributed by atoms with van der Waals surface area (Å²) in [5.41, 5.74) is 0.828. The molecule has 0 fully saturated rings. The molecule has 0 radical (unpaired) electrons. The number of hydrogen-bond donors (Lipinski definition) is 2. The number of aromatic amines is 1. The molecule has 0 aliphatic rings. The van der Waals surface area contributed by atoms with Gasteiger partial charge in [0.2, 0.25) is 0 Å². The Kier molecular flexibility index (Phi) is 6.53. The maximum Gasteiger partial charge on any atom is 0.295 e. The Morgan fingerprint density at radius 3 is 2.14 bits per heavy atom. The first-order valence-electron chi connectivity index (χ1n) is 4.95. The molecule has 2 aromatic rings. The van der Waals surface area contributed by atoms with Crippen LogP contribution in [0.4, 0.5) is 0 Å². The highest BCUT2D eigenvalue weighted by molar-refractivity contribution is 9.11. The lowest BCUT2D eigenvalue weighted by atomic mass is 10.3. The van der Waals surface area contributed by atoms with Crippen molar-refractivity contribution in [2.45, 2.75) is 11.8 Å². The van der Waals surface area contributed by atoms with E-state index in [2.05, 4.69) is 37.0 Å². The molecule has 2 rings (SSSR count). The van der Waals surface area contributed by atoms with Crippen LogP contribution >= 0.6 is 31.9 Å². The van der Waals surface area contributed by atoms with E-state index >= 15 is 0 Å². The van der Waals surface area contributed by atoms with Crippen molar-refractivity contribution in [2.75, 3.05) is 0 Å². The van der Waals surface area contributed by atoms with Crippen LogP contribution in [0.15, 0.2) is 36.8 Å². The molecule has 0 saturated heterocycles. The van der Waals surface area contributed by atoms with Gasteiger partial charge in [0, 0.05) is 20.7 Å². The second kappa shape index (κ2) is 6.85. The smallest absolute Gasteiger partial charge is 0.295 e. The third-order valence-electron chi connectivity index (χ3n) is 2.37. The molecule has 0 unspecified atom stereocenters. The van der Waals surface area contributed by atoms with Gasteiger partial charge in [0.15, 0.2) is 0 Å². The minimum Gasteiger partial charge on any atom is -0.412 e. The normalized spacial score (nSPS) is 10.7. The number of halogens is 2. The molecular weight excluding hydrogens is 436 g/mol. The van der Waals surface area contributed by atoms with Crippen molar-refractivity contribution in [1.29, 1.82) is 0 Å². The van der Waals surface area contributed by atoms with Crippen molar-refractivity contribution in [3.05, 3.63) is 43.2 Å². The Morgan fingerprint density at radius 1 is 1.14 bits per heavy atom. The molecular formula is C10H12Br2N2O6S. The summed E-state index contributed by atoms with van der Waals surface area (Å²) in [5, 5.41) is 2.83. The van der Waals surface area contributed by atoms with Crippen LogP contribution < -0.4 is 5.56 Å². The Balaban J connectivity index is 0.00000200. The van der Waals surface area contributed by atoms with E-state index in [-0.39, 0.29) is 25.9 Å². The lowest BCUT2D eigenvalue weighted by molar-refractivity contribution is 0.482. The largest absolute Gasteiger partial charge is 0.412 e. The molecule has 0 spiro atoms. The van der Waals surface area contributed by atoms with Crippen LogP contribution in [0.25, 0.3) is 5.69 Å². The Hall–Kier alpha value is -0.980. The first-order valence-corrected chi connectivity index (χ1v) is 7.98. The molecule has 1 aromatic carbocycles. The number of rotatable bonds is 2. The SMILES string of the molecule is Cc1cc(=O)n(-c2cc(Br)c(S(=O)(=O)O)cc2Br)[nH]1.O.O. The average molecular weight is 448 g/mol. The maximum absolute atomic E-state index is 11.7. The van der Waals surface area contributed by atoms with Gasteiger partial charge < -0.3 is 11.0 Å². The number of nitrogens with zero attached hydrogens (tertiary/aromatic N) is 1. The number of nitrogens with one attached hydrogen (secondary N) is 1. The van der Waals surface area contributed by atoms with Crippen molar-refractivity contribution in [3.8, 4) is 5.69 Å². The van der Waals surface area contributed by atoms with E-state index in [0.717, 1.165) is 0 Å². The molecule has 1 heterocycles. The summed E-state index contributed by atoms with van der Waals surface area (Å²) in [6, 6.07) is 4.05. The minimum absolute atomic E-state index is 0. The number of benzene rings is 1. The molecule has 6 N–H and O–H groups in total. The summed E-state index contributed by atoms with van der Waals surface area (Å²) in [6.07, 6.45) is 0. The van der Waals surface area contributed by atoms with E-state index in [1.807, 2.05) is 0 Å². The van der Waals surface area contributed by atoms with E-state index in [0.29, 0.717) is 15.9 Å². The van der Waals surface area contributed by atoms with E-state index < -0.39 is 10.1 Å². The van der Waals surface area contributed by atoms with Crippen molar-refractivity contribution < 1.29 is 23.9 Å². The third kappa shape index (κ3) is 4.02. The molecule has 11 heteroatoms. The van der Waals surface area contributed by atoms with Crippen LogP contribution in [0.3, 0.4) is 0 Å². The fourth-order valence-electron chi connectivity index (χ4n) is 1.58. The fraction of sp³-hybridized carbons (Fsp3) is 0.100. The van der Waals surface area contributed by atoms with Gasteiger partial charge in [0.25, 0.3) is 15.7 Å². The topological polar surface area (TPSA) is 155 Å². The predicted molar refractivity (Wildman–Crippen MR) is 83.6 cm³/mol. The van der Waals surface area contributed by atoms with E-state index in [9.17, 15) is 13.2 Å². The van der Waals surface area contributed by atoms with Crippen LogP contribution in [-0.2, 0) is 10.1 Å². The van der Waals surface area contributed by atoms with Gasteiger partial charge in [-0.25, -0.2) is 4.68 Å².